The maximum absolute atomic E-state index is 13.7. The average Bonchev–Trinajstić information content (AvgIpc) is 3.14. The van der Waals surface area contributed by atoms with Gasteiger partial charge in [-0.2, -0.15) is 5.10 Å². The lowest BCUT2D eigenvalue weighted by Crippen LogP contribution is -2.42. The van der Waals surface area contributed by atoms with E-state index >= 15 is 0 Å². The molecule has 0 saturated heterocycles. The Bertz CT molecular complexity index is 1590. The summed E-state index contributed by atoms with van der Waals surface area (Å²) >= 11 is 0. The Morgan fingerprint density at radius 3 is 2.05 bits per heavy atom. The van der Waals surface area contributed by atoms with Crippen LogP contribution in [0, 0.1) is 6.92 Å². The molecule has 0 aliphatic heterocycles. The summed E-state index contributed by atoms with van der Waals surface area (Å²) in [5, 5.41) is 4.12. The molecule has 9 nitrogen and oxygen atoms in total. The number of benzene rings is 3. The molecule has 1 heterocycles. The minimum atomic E-state index is -4.27. The summed E-state index contributed by atoms with van der Waals surface area (Å²) in [6.07, 6.45) is 0. The zero-order chi connectivity index (χ0) is 26.6. The van der Waals surface area contributed by atoms with Gasteiger partial charge >= 0.3 is 0 Å². The van der Waals surface area contributed by atoms with Crippen molar-refractivity contribution in [3.63, 3.8) is 0 Å². The molecule has 4 rings (SSSR count). The first-order valence-electron chi connectivity index (χ1n) is 11.5. The molecule has 0 atom stereocenters. The summed E-state index contributed by atoms with van der Waals surface area (Å²) in [5.74, 6) is -0.691. The number of rotatable bonds is 8. The van der Waals surface area contributed by atoms with E-state index < -0.39 is 28.0 Å². The highest BCUT2D eigenvalue weighted by molar-refractivity contribution is 7.92. The van der Waals surface area contributed by atoms with Gasteiger partial charge in [0.2, 0.25) is 0 Å². The van der Waals surface area contributed by atoms with E-state index in [-0.39, 0.29) is 10.6 Å². The molecule has 0 unspecified atom stereocenters. The summed E-state index contributed by atoms with van der Waals surface area (Å²) < 4.78 is 31.3. The molecule has 0 radical (unpaired) electrons. The second-order valence-corrected chi connectivity index (χ2v) is 10.2. The quantitative estimate of drug-likeness (QED) is 0.286. The molecule has 1 amide bonds. The molecule has 0 saturated carbocycles. The van der Waals surface area contributed by atoms with Gasteiger partial charge in [0.05, 0.1) is 22.0 Å². The van der Waals surface area contributed by atoms with Crippen LogP contribution in [0.15, 0.2) is 106 Å². The molecule has 0 spiro atoms. The Labute approximate surface area is 215 Å². The van der Waals surface area contributed by atoms with Gasteiger partial charge in [-0.05, 0) is 43.7 Å². The molecule has 0 bridgehead atoms. The van der Waals surface area contributed by atoms with Gasteiger partial charge < -0.3 is 0 Å². The highest BCUT2D eigenvalue weighted by Gasteiger charge is 2.33. The smallest absolute Gasteiger partial charge is 0.283 e. The molecular formula is C27H27N5O4S. The zero-order valence-electron chi connectivity index (χ0n) is 20.7. The van der Waals surface area contributed by atoms with Gasteiger partial charge in [0.15, 0.2) is 0 Å². The van der Waals surface area contributed by atoms with Crippen molar-refractivity contribution >= 4 is 27.3 Å². The first-order valence-corrected chi connectivity index (χ1v) is 13.0. The van der Waals surface area contributed by atoms with Crippen molar-refractivity contribution in [1.82, 2.24) is 14.8 Å². The number of nitrogens with one attached hydrogen (secondary N) is 1. The highest BCUT2D eigenvalue weighted by atomic mass is 32.2. The fourth-order valence-corrected chi connectivity index (χ4v) is 5.39. The second-order valence-electron chi connectivity index (χ2n) is 8.33. The van der Waals surface area contributed by atoms with Gasteiger partial charge in [-0.15, -0.1) is 0 Å². The lowest BCUT2D eigenvalue weighted by Gasteiger charge is -2.22. The van der Waals surface area contributed by atoms with E-state index in [1.807, 2.05) is 36.4 Å². The van der Waals surface area contributed by atoms with Gasteiger partial charge in [-0.1, -0.05) is 66.7 Å². The first kappa shape index (κ1) is 25.6. The van der Waals surface area contributed by atoms with E-state index in [1.54, 1.807) is 68.0 Å². The monoisotopic (exact) mass is 517 g/mol. The van der Waals surface area contributed by atoms with Gasteiger partial charge in [0, 0.05) is 7.05 Å². The van der Waals surface area contributed by atoms with Gasteiger partial charge in [-0.25, -0.2) is 22.8 Å². The van der Waals surface area contributed by atoms with Crippen LogP contribution in [0.4, 0.5) is 5.69 Å². The molecule has 4 aromatic rings. The fourth-order valence-electron chi connectivity index (χ4n) is 3.90. The highest BCUT2D eigenvalue weighted by Crippen LogP contribution is 2.25. The summed E-state index contributed by atoms with van der Waals surface area (Å²) in [5.41, 5.74) is 4.04. The van der Waals surface area contributed by atoms with Crippen molar-refractivity contribution in [3.8, 4) is 5.69 Å². The van der Waals surface area contributed by atoms with Crippen molar-refractivity contribution in [2.45, 2.75) is 18.7 Å². The summed E-state index contributed by atoms with van der Waals surface area (Å²) in [6.45, 7) is 2.73. The third-order valence-electron chi connectivity index (χ3n) is 5.93. The van der Waals surface area contributed by atoms with Crippen LogP contribution in [0.5, 0.6) is 0 Å². The van der Waals surface area contributed by atoms with E-state index in [1.165, 1.54) is 16.8 Å². The number of carbonyl (C=O) groups is 1. The number of aromatic nitrogens is 2. The minimum absolute atomic E-state index is 0.0410. The van der Waals surface area contributed by atoms with E-state index in [9.17, 15) is 18.0 Å². The average molecular weight is 518 g/mol. The molecule has 0 aliphatic rings. The van der Waals surface area contributed by atoms with Crippen molar-refractivity contribution in [3.05, 3.63) is 113 Å². The van der Waals surface area contributed by atoms with Gasteiger partial charge in [0.1, 0.15) is 12.2 Å². The van der Waals surface area contributed by atoms with Crippen LogP contribution in [0.1, 0.15) is 18.2 Å². The molecule has 10 heteroatoms. The number of hydrazone groups is 1. The Morgan fingerprint density at radius 1 is 0.919 bits per heavy atom. The second kappa shape index (κ2) is 10.7. The topological polar surface area (TPSA) is 106 Å². The zero-order valence-corrected chi connectivity index (χ0v) is 21.5. The predicted molar refractivity (Wildman–Crippen MR) is 144 cm³/mol. The number of anilines is 1. The molecule has 0 fully saturated rings. The number of amides is 1. The molecule has 3 aromatic carbocycles. The Kier molecular flexibility index (Phi) is 7.40. The Morgan fingerprint density at radius 2 is 1.46 bits per heavy atom. The molecule has 1 N–H and O–H groups in total. The van der Waals surface area contributed by atoms with Crippen LogP contribution < -0.4 is 15.3 Å². The number of hydrogen-bond donors (Lipinski definition) is 1. The van der Waals surface area contributed by atoms with Gasteiger partial charge in [-0.3, -0.25) is 14.3 Å². The summed E-state index contributed by atoms with van der Waals surface area (Å²) in [4.78, 5) is 26.6. The largest absolute Gasteiger partial charge is 0.296 e. The van der Waals surface area contributed by atoms with E-state index in [4.69, 9.17) is 0 Å². The fraction of sp³-hybridized carbons (Fsp3) is 0.148. The third-order valence-corrected chi connectivity index (χ3v) is 7.69. The standard InChI is InChI=1S/C27H27N5O4S/c1-20(22-13-7-4-8-14-22)28-29-25(33)19-31(37(35,36)24-17-11-6-12-18-24)26-21(2)30(3)32(27(26)34)23-15-9-5-10-16-23/h4-18H,19H2,1-3H3,(H,29,33)/b28-20-. The van der Waals surface area contributed by atoms with Crippen LogP contribution in [0.2, 0.25) is 0 Å². The maximum atomic E-state index is 13.7. The minimum Gasteiger partial charge on any atom is -0.283 e. The molecular weight excluding hydrogens is 490 g/mol. The summed E-state index contributed by atoms with van der Waals surface area (Å²) in [7, 11) is -2.61. The van der Waals surface area contributed by atoms with Crippen LogP contribution in [-0.4, -0.2) is 35.9 Å². The third kappa shape index (κ3) is 5.24. The number of sulfonamides is 1. The van der Waals surface area contributed by atoms with Crippen LogP contribution >= 0.6 is 0 Å². The number of para-hydroxylation sites is 1. The Hall–Kier alpha value is -4.44. The molecule has 190 valence electrons. The summed E-state index contributed by atoms with van der Waals surface area (Å²) in [6, 6.07) is 25.8. The molecule has 1 aromatic heterocycles. The SMILES string of the molecule is C/C(=N/NC(=O)CN(c1c(C)n(C)n(-c2ccccc2)c1=O)S(=O)(=O)c1ccccc1)c1ccccc1. The van der Waals surface area contributed by atoms with Crippen LogP contribution in [-0.2, 0) is 21.9 Å². The lowest BCUT2D eigenvalue weighted by atomic mass is 10.1. The predicted octanol–water partition coefficient (Wildman–Crippen LogP) is 3.22. The number of hydrogen-bond acceptors (Lipinski definition) is 5. The number of carbonyl (C=O) groups excluding carboxylic acids is 1. The lowest BCUT2D eigenvalue weighted by molar-refractivity contribution is -0.119. The van der Waals surface area contributed by atoms with Crippen molar-refractivity contribution in [2.24, 2.45) is 12.1 Å². The van der Waals surface area contributed by atoms with Crippen LogP contribution in [0.3, 0.4) is 0 Å². The van der Waals surface area contributed by atoms with E-state index in [2.05, 4.69) is 10.5 Å². The van der Waals surface area contributed by atoms with Crippen molar-refractivity contribution in [1.29, 1.82) is 0 Å². The Balaban J connectivity index is 1.77. The number of nitrogens with zero attached hydrogens (tertiary/aromatic N) is 4. The van der Waals surface area contributed by atoms with Crippen LogP contribution in [0.25, 0.3) is 5.69 Å². The van der Waals surface area contributed by atoms with E-state index in [0.29, 0.717) is 17.1 Å². The normalized spacial score (nSPS) is 11.8. The molecule has 0 aliphatic carbocycles. The van der Waals surface area contributed by atoms with Crippen molar-refractivity contribution in [2.75, 3.05) is 10.8 Å². The maximum Gasteiger partial charge on any atom is 0.296 e. The molecule has 37 heavy (non-hydrogen) atoms. The van der Waals surface area contributed by atoms with E-state index in [0.717, 1.165) is 9.87 Å². The first-order chi connectivity index (χ1) is 17.7. The van der Waals surface area contributed by atoms with Gasteiger partial charge in [0.25, 0.3) is 21.5 Å². The van der Waals surface area contributed by atoms with Crippen molar-refractivity contribution < 1.29 is 13.2 Å².